The molecule has 1 aliphatic rings. The molecule has 0 aliphatic heterocycles. The standard InChI is InChI=1S/C24H24FNO6S/c1-16-21(13-17-5-8-19(9-6-17)33(2)30)20-10-7-18(25)14-23(20)22(16)15-24(27)31-11-3-4-12-32-26(28)29/h5-10,13-14H,3-4,11-12,15H2,1-2H3. The van der Waals surface area contributed by atoms with Crippen molar-refractivity contribution in [2.45, 2.75) is 31.1 Å². The monoisotopic (exact) mass is 473 g/mol. The zero-order valence-corrected chi connectivity index (χ0v) is 19.2. The van der Waals surface area contributed by atoms with Crippen LogP contribution in [-0.2, 0) is 25.2 Å². The maximum Gasteiger partial charge on any atom is 0.310 e. The SMILES string of the molecule is CC1=C(CC(=O)OCCCCO[N+](=O)[O-])c2cc(F)ccc2C1=Cc1ccc(S(C)=O)cc1. The van der Waals surface area contributed by atoms with Crippen molar-refractivity contribution < 1.29 is 28.1 Å². The van der Waals surface area contributed by atoms with Crippen LogP contribution < -0.4 is 0 Å². The molecule has 1 unspecified atom stereocenters. The quantitative estimate of drug-likeness (QED) is 0.213. The summed E-state index contributed by atoms with van der Waals surface area (Å²) in [6.45, 7) is 1.96. The number of hydrogen-bond donors (Lipinski definition) is 0. The number of halogens is 1. The molecule has 7 nitrogen and oxygen atoms in total. The molecule has 0 aromatic heterocycles. The van der Waals surface area contributed by atoms with Gasteiger partial charge in [0.25, 0.3) is 5.09 Å². The van der Waals surface area contributed by atoms with Gasteiger partial charge in [-0.15, -0.1) is 10.1 Å². The highest BCUT2D eigenvalue weighted by Crippen LogP contribution is 2.44. The number of rotatable bonds is 10. The largest absolute Gasteiger partial charge is 0.465 e. The molecule has 33 heavy (non-hydrogen) atoms. The molecule has 0 spiro atoms. The summed E-state index contributed by atoms with van der Waals surface area (Å²) in [5.74, 6) is -0.847. The highest BCUT2D eigenvalue weighted by molar-refractivity contribution is 7.84. The van der Waals surface area contributed by atoms with Gasteiger partial charge in [0.2, 0.25) is 0 Å². The fraction of sp³-hybridized carbons (Fsp3) is 0.292. The van der Waals surface area contributed by atoms with Gasteiger partial charge in [0.05, 0.1) is 19.6 Å². The molecule has 1 aliphatic carbocycles. The zero-order valence-electron chi connectivity index (χ0n) is 18.3. The summed E-state index contributed by atoms with van der Waals surface area (Å²) in [7, 11) is -1.07. The smallest absolute Gasteiger partial charge is 0.310 e. The summed E-state index contributed by atoms with van der Waals surface area (Å²) in [6, 6.07) is 11.8. The molecule has 0 heterocycles. The number of nitrogens with zero attached hydrogens (tertiary/aromatic N) is 1. The minimum absolute atomic E-state index is 0.0151. The molecule has 0 N–H and O–H groups in total. The fourth-order valence-electron chi connectivity index (χ4n) is 3.63. The van der Waals surface area contributed by atoms with Crippen molar-refractivity contribution in [3.8, 4) is 0 Å². The first-order chi connectivity index (χ1) is 15.8. The molecule has 0 amide bonds. The Morgan fingerprint density at radius 2 is 1.82 bits per heavy atom. The first-order valence-electron chi connectivity index (χ1n) is 10.3. The van der Waals surface area contributed by atoms with Crippen LogP contribution in [0.4, 0.5) is 4.39 Å². The van der Waals surface area contributed by atoms with Crippen molar-refractivity contribution in [3.63, 3.8) is 0 Å². The van der Waals surface area contributed by atoms with Crippen molar-refractivity contribution in [3.05, 3.63) is 80.7 Å². The summed E-state index contributed by atoms with van der Waals surface area (Å²) in [5, 5.41) is 9.26. The molecule has 9 heteroatoms. The Morgan fingerprint density at radius 3 is 2.48 bits per heavy atom. The van der Waals surface area contributed by atoms with E-state index in [9.17, 15) is 23.5 Å². The van der Waals surface area contributed by atoms with Gasteiger partial charge in [-0.05, 0) is 83.5 Å². The van der Waals surface area contributed by atoms with Crippen LogP contribution in [0.2, 0.25) is 0 Å². The van der Waals surface area contributed by atoms with Crippen molar-refractivity contribution in [1.29, 1.82) is 0 Å². The molecule has 1 atom stereocenters. The lowest BCUT2D eigenvalue weighted by atomic mass is 10.0. The Hall–Kier alpha value is -3.33. The Bertz CT molecular complexity index is 1140. The normalized spacial score (nSPS) is 14.8. The molecule has 0 saturated carbocycles. The third-order valence-corrected chi connectivity index (χ3v) is 6.23. The molecule has 0 radical (unpaired) electrons. The van der Waals surface area contributed by atoms with Crippen LogP contribution in [-0.4, -0.2) is 34.7 Å². The van der Waals surface area contributed by atoms with Crippen molar-refractivity contribution >= 4 is 34.0 Å². The predicted octanol–water partition coefficient (Wildman–Crippen LogP) is 4.81. The molecule has 0 saturated heterocycles. The van der Waals surface area contributed by atoms with E-state index in [-0.39, 0.29) is 19.6 Å². The lowest BCUT2D eigenvalue weighted by Crippen LogP contribution is -2.08. The first kappa shape index (κ1) is 24.3. The van der Waals surface area contributed by atoms with E-state index in [0.717, 1.165) is 27.2 Å². The Kier molecular flexibility index (Phi) is 8.11. The second-order valence-corrected chi connectivity index (χ2v) is 8.92. The summed E-state index contributed by atoms with van der Waals surface area (Å²) in [6.07, 6.45) is 4.39. The Balaban J connectivity index is 1.76. The number of carbonyl (C=O) groups is 1. The topological polar surface area (TPSA) is 95.7 Å². The van der Waals surface area contributed by atoms with E-state index >= 15 is 0 Å². The average Bonchev–Trinajstić information content (AvgIpc) is 3.01. The van der Waals surface area contributed by atoms with Gasteiger partial charge >= 0.3 is 5.97 Å². The molecule has 3 rings (SSSR count). The number of unbranched alkanes of at least 4 members (excludes halogenated alkanes) is 1. The highest BCUT2D eigenvalue weighted by atomic mass is 32.2. The van der Waals surface area contributed by atoms with Crippen LogP contribution in [0.3, 0.4) is 0 Å². The second-order valence-electron chi connectivity index (χ2n) is 7.54. The van der Waals surface area contributed by atoms with Gasteiger partial charge < -0.3 is 9.57 Å². The lowest BCUT2D eigenvalue weighted by Gasteiger charge is -2.08. The number of hydrogen-bond acceptors (Lipinski definition) is 6. The minimum atomic E-state index is -1.07. The molecule has 174 valence electrons. The summed E-state index contributed by atoms with van der Waals surface area (Å²) in [4.78, 5) is 27.5. The molecule has 0 bridgehead atoms. The summed E-state index contributed by atoms with van der Waals surface area (Å²) < 4.78 is 30.9. The number of carbonyl (C=O) groups excluding carboxylic acids is 1. The zero-order chi connectivity index (χ0) is 24.0. The van der Waals surface area contributed by atoms with Gasteiger partial charge in [-0.25, -0.2) is 4.39 Å². The van der Waals surface area contributed by atoms with Gasteiger partial charge in [0.1, 0.15) is 5.82 Å². The molecular weight excluding hydrogens is 449 g/mol. The van der Waals surface area contributed by atoms with E-state index in [4.69, 9.17) is 4.74 Å². The summed E-state index contributed by atoms with van der Waals surface area (Å²) in [5.41, 5.74) is 4.82. The van der Waals surface area contributed by atoms with Crippen LogP contribution in [0.5, 0.6) is 0 Å². The van der Waals surface area contributed by atoms with Gasteiger partial charge in [0.15, 0.2) is 0 Å². The van der Waals surface area contributed by atoms with Crippen LogP contribution in [0.1, 0.15) is 42.9 Å². The number of fused-ring (bicyclic) bond motifs is 1. The lowest BCUT2D eigenvalue weighted by molar-refractivity contribution is -0.757. The van der Waals surface area contributed by atoms with E-state index in [0.29, 0.717) is 24.0 Å². The Morgan fingerprint density at radius 1 is 1.12 bits per heavy atom. The van der Waals surface area contributed by atoms with Crippen molar-refractivity contribution in [2.75, 3.05) is 19.5 Å². The van der Waals surface area contributed by atoms with Crippen molar-refractivity contribution in [2.24, 2.45) is 0 Å². The minimum Gasteiger partial charge on any atom is -0.465 e. The van der Waals surface area contributed by atoms with Crippen molar-refractivity contribution in [1.82, 2.24) is 0 Å². The highest BCUT2D eigenvalue weighted by Gasteiger charge is 2.26. The number of esters is 1. The van der Waals surface area contributed by atoms with E-state index < -0.39 is 27.7 Å². The van der Waals surface area contributed by atoms with E-state index in [1.54, 1.807) is 24.5 Å². The second kappa shape index (κ2) is 11.0. The van der Waals surface area contributed by atoms with E-state index in [2.05, 4.69) is 4.84 Å². The van der Waals surface area contributed by atoms with Crippen LogP contribution in [0.15, 0.2) is 52.9 Å². The number of benzene rings is 2. The molecule has 2 aromatic rings. The van der Waals surface area contributed by atoms with E-state index in [1.165, 1.54) is 12.1 Å². The molecule has 0 fully saturated rings. The average molecular weight is 474 g/mol. The predicted molar refractivity (Wildman–Crippen MR) is 123 cm³/mol. The number of ether oxygens (including phenoxy) is 1. The maximum absolute atomic E-state index is 14.0. The maximum atomic E-state index is 14.0. The van der Waals surface area contributed by atoms with E-state index in [1.807, 2.05) is 25.1 Å². The number of allylic oxidation sites excluding steroid dienone is 2. The van der Waals surface area contributed by atoms with Gasteiger partial charge in [0, 0.05) is 22.0 Å². The van der Waals surface area contributed by atoms with Crippen LogP contribution >= 0.6 is 0 Å². The van der Waals surface area contributed by atoms with Gasteiger partial charge in [-0.3, -0.25) is 9.00 Å². The van der Waals surface area contributed by atoms with Crippen LogP contribution in [0.25, 0.3) is 17.2 Å². The fourth-order valence-corrected chi connectivity index (χ4v) is 4.15. The van der Waals surface area contributed by atoms with Crippen LogP contribution in [0, 0.1) is 15.9 Å². The third kappa shape index (κ3) is 6.35. The summed E-state index contributed by atoms with van der Waals surface area (Å²) >= 11 is 0. The first-order valence-corrected chi connectivity index (χ1v) is 11.9. The molecule has 2 aromatic carbocycles. The van der Waals surface area contributed by atoms with Gasteiger partial charge in [-0.2, -0.15) is 0 Å². The Labute approximate surface area is 193 Å². The van der Waals surface area contributed by atoms with Gasteiger partial charge in [-0.1, -0.05) is 18.2 Å². The molecular formula is C24H24FNO6S. The third-order valence-electron chi connectivity index (χ3n) is 5.30.